The standard InChI is InChI=1S/C9H17NO/c1-2-8-4-7-10-9(11-8)5-3-6-9/h8,10H,2-7H2,1H3. The molecule has 2 nitrogen and oxygen atoms in total. The van der Waals surface area contributed by atoms with E-state index < -0.39 is 0 Å². The molecule has 2 aliphatic rings. The van der Waals surface area contributed by atoms with Crippen molar-refractivity contribution in [3.63, 3.8) is 0 Å². The lowest BCUT2D eigenvalue weighted by atomic mass is 9.86. The van der Waals surface area contributed by atoms with Crippen molar-refractivity contribution in [1.29, 1.82) is 0 Å². The molecule has 1 saturated carbocycles. The van der Waals surface area contributed by atoms with Gasteiger partial charge >= 0.3 is 0 Å². The van der Waals surface area contributed by atoms with Crippen molar-refractivity contribution in [3.8, 4) is 0 Å². The zero-order valence-electron chi connectivity index (χ0n) is 7.23. The van der Waals surface area contributed by atoms with Crippen LogP contribution in [0.5, 0.6) is 0 Å². The molecule has 1 atom stereocenters. The fourth-order valence-corrected chi connectivity index (χ4v) is 1.96. The van der Waals surface area contributed by atoms with Gasteiger partial charge in [0, 0.05) is 6.54 Å². The largest absolute Gasteiger partial charge is 0.357 e. The Balaban J connectivity index is 1.92. The Morgan fingerprint density at radius 2 is 2.36 bits per heavy atom. The lowest BCUT2D eigenvalue weighted by Crippen LogP contribution is -2.58. The normalized spacial score (nSPS) is 35.2. The summed E-state index contributed by atoms with van der Waals surface area (Å²) >= 11 is 0. The molecule has 1 aliphatic carbocycles. The van der Waals surface area contributed by atoms with Crippen LogP contribution in [0.25, 0.3) is 0 Å². The predicted molar refractivity (Wildman–Crippen MR) is 44.4 cm³/mol. The average molecular weight is 155 g/mol. The molecule has 0 aromatic heterocycles. The van der Waals surface area contributed by atoms with E-state index in [1.807, 2.05) is 0 Å². The highest BCUT2D eigenvalue weighted by Crippen LogP contribution is 2.36. The van der Waals surface area contributed by atoms with E-state index in [1.54, 1.807) is 0 Å². The topological polar surface area (TPSA) is 21.3 Å². The summed E-state index contributed by atoms with van der Waals surface area (Å²) in [4.78, 5) is 0. The van der Waals surface area contributed by atoms with Gasteiger partial charge in [0.25, 0.3) is 0 Å². The Morgan fingerprint density at radius 1 is 1.55 bits per heavy atom. The van der Waals surface area contributed by atoms with Crippen LogP contribution >= 0.6 is 0 Å². The molecule has 1 unspecified atom stereocenters. The predicted octanol–water partition coefficient (Wildman–Crippen LogP) is 1.66. The lowest BCUT2D eigenvalue weighted by Gasteiger charge is -2.48. The maximum absolute atomic E-state index is 5.95. The highest BCUT2D eigenvalue weighted by atomic mass is 16.5. The minimum Gasteiger partial charge on any atom is -0.357 e. The highest BCUT2D eigenvalue weighted by molar-refractivity contribution is 4.91. The molecular weight excluding hydrogens is 138 g/mol. The third-order valence-electron chi connectivity index (χ3n) is 2.92. The van der Waals surface area contributed by atoms with Crippen LogP contribution in [0.3, 0.4) is 0 Å². The SMILES string of the molecule is CCC1CCNC2(CCC2)O1. The summed E-state index contributed by atoms with van der Waals surface area (Å²) < 4.78 is 5.95. The van der Waals surface area contributed by atoms with Gasteiger partial charge < -0.3 is 4.74 Å². The summed E-state index contributed by atoms with van der Waals surface area (Å²) in [7, 11) is 0. The first-order chi connectivity index (χ1) is 5.35. The number of hydrogen-bond acceptors (Lipinski definition) is 2. The molecule has 2 fully saturated rings. The molecule has 0 radical (unpaired) electrons. The first-order valence-electron chi connectivity index (χ1n) is 4.77. The van der Waals surface area contributed by atoms with Crippen molar-refractivity contribution >= 4 is 0 Å². The maximum Gasteiger partial charge on any atom is 0.119 e. The molecule has 0 aromatic carbocycles. The van der Waals surface area contributed by atoms with Gasteiger partial charge in [0.15, 0.2) is 0 Å². The van der Waals surface area contributed by atoms with Crippen LogP contribution in [-0.2, 0) is 4.74 Å². The van der Waals surface area contributed by atoms with Crippen molar-refractivity contribution in [2.45, 2.75) is 50.9 Å². The Labute approximate surface area is 68.3 Å². The molecule has 1 heterocycles. The van der Waals surface area contributed by atoms with Gasteiger partial charge in [-0.25, -0.2) is 0 Å². The van der Waals surface area contributed by atoms with Crippen LogP contribution < -0.4 is 5.32 Å². The Hall–Kier alpha value is -0.0800. The third kappa shape index (κ3) is 1.30. The van der Waals surface area contributed by atoms with Crippen LogP contribution in [0.2, 0.25) is 0 Å². The zero-order chi connectivity index (χ0) is 7.73. The quantitative estimate of drug-likeness (QED) is 0.621. The minimum atomic E-state index is 0.124. The summed E-state index contributed by atoms with van der Waals surface area (Å²) in [5, 5.41) is 3.47. The van der Waals surface area contributed by atoms with E-state index in [0.29, 0.717) is 6.10 Å². The van der Waals surface area contributed by atoms with Crippen molar-refractivity contribution in [2.24, 2.45) is 0 Å². The molecule has 0 amide bonds. The van der Waals surface area contributed by atoms with Crippen LogP contribution in [0.15, 0.2) is 0 Å². The van der Waals surface area contributed by atoms with Crippen LogP contribution in [0.1, 0.15) is 39.0 Å². The zero-order valence-corrected chi connectivity index (χ0v) is 7.23. The van der Waals surface area contributed by atoms with Gasteiger partial charge in [-0.1, -0.05) is 6.92 Å². The molecular formula is C9H17NO. The van der Waals surface area contributed by atoms with E-state index in [-0.39, 0.29) is 5.72 Å². The summed E-state index contributed by atoms with van der Waals surface area (Å²) in [6.07, 6.45) is 6.68. The van der Waals surface area contributed by atoms with Gasteiger partial charge in [0.1, 0.15) is 5.72 Å². The molecule has 2 heteroatoms. The second-order valence-electron chi connectivity index (χ2n) is 3.71. The van der Waals surface area contributed by atoms with Crippen LogP contribution in [0.4, 0.5) is 0 Å². The van der Waals surface area contributed by atoms with E-state index in [1.165, 1.54) is 32.1 Å². The van der Waals surface area contributed by atoms with Gasteiger partial charge in [-0.15, -0.1) is 0 Å². The first kappa shape index (κ1) is 7.56. The third-order valence-corrected chi connectivity index (χ3v) is 2.92. The molecule has 11 heavy (non-hydrogen) atoms. The van der Waals surface area contributed by atoms with Crippen molar-refractivity contribution in [1.82, 2.24) is 5.32 Å². The Bertz CT molecular complexity index is 142. The summed E-state index contributed by atoms with van der Waals surface area (Å²) in [5.41, 5.74) is 0.124. The monoisotopic (exact) mass is 155 g/mol. The molecule has 0 aromatic rings. The lowest BCUT2D eigenvalue weighted by molar-refractivity contribution is -0.183. The summed E-state index contributed by atoms with van der Waals surface area (Å²) in [6, 6.07) is 0. The number of nitrogens with one attached hydrogen (secondary N) is 1. The molecule has 1 aliphatic heterocycles. The van der Waals surface area contributed by atoms with E-state index in [0.717, 1.165) is 6.54 Å². The number of hydrogen-bond donors (Lipinski definition) is 1. The number of rotatable bonds is 1. The molecule has 0 bridgehead atoms. The van der Waals surface area contributed by atoms with Crippen LogP contribution in [0, 0.1) is 0 Å². The second kappa shape index (κ2) is 2.76. The highest BCUT2D eigenvalue weighted by Gasteiger charge is 2.41. The minimum absolute atomic E-state index is 0.124. The summed E-state index contributed by atoms with van der Waals surface area (Å²) in [5.74, 6) is 0. The fraction of sp³-hybridized carbons (Fsp3) is 1.00. The Kier molecular flexibility index (Phi) is 1.90. The second-order valence-corrected chi connectivity index (χ2v) is 3.71. The maximum atomic E-state index is 5.95. The van der Waals surface area contributed by atoms with Gasteiger partial charge in [-0.3, -0.25) is 5.32 Å². The van der Waals surface area contributed by atoms with Gasteiger partial charge in [0.2, 0.25) is 0 Å². The van der Waals surface area contributed by atoms with E-state index in [2.05, 4.69) is 12.2 Å². The Morgan fingerprint density at radius 3 is 2.91 bits per heavy atom. The van der Waals surface area contributed by atoms with Crippen molar-refractivity contribution < 1.29 is 4.74 Å². The van der Waals surface area contributed by atoms with Gasteiger partial charge in [0.05, 0.1) is 6.10 Å². The smallest absolute Gasteiger partial charge is 0.119 e. The van der Waals surface area contributed by atoms with E-state index in [9.17, 15) is 0 Å². The van der Waals surface area contributed by atoms with E-state index >= 15 is 0 Å². The van der Waals surface area contributed by atoms with Gasteiger partial charge in [-0.2, -0.15) is 0 Å². The molecule has 1 saturated heterocycles. The van der Waals surface area contributed by atoms with Crippen molar-refractivity contribution in [3.05, 3.63) is 0 Å². The van der Waals surface area contributed by atoms with Crippen LogP contribution in [-0.4, -0.2) is 18.4 Å². The average Bonchev–Trinajstić information content (AvgIpc) is 2.02. The molecule has 2 rings (SSSR count). The van der Waals surface area contributed by atoms with Crippen molar-refractivity contribution in [2.75, 3.05) is 6.54 Å². The van der Waals surface area contributed by atoms with E-state index in [4.69, 9.17) is 4.74 Å². The fourth-order valence-electron chi connectivity index (χ4n) is 1.96. The first-order valence-corrected chi connectivity index (χ1v) is 4.77. The molecule has 1 N–H and O–H groups in total. The molecule has 1 spiro atoms. The summed E-state index contributed by atoms with van der Waals surface area (Å²) in [6.45, 7) is 3.36. The van der Waals surface area contributed by atoms with Gasteiger partial charge in [-0.05, 0) is 32.1 Å². The number of ether oxygens (including phenoxy) is 1. The molecule has 64 valence electrons.